The number of carboxylic acid groups (broad SMARTS) is 1. The third kappa shape index (κ3) is 6.38. The first-order chi connectivity index (χ1) is 12.5. The van der Waals surface area contributed by atoms with Gasteiger partial charge < -0.3 is 25.9 Å². The summed E-state index contributed by atoms with van der Waals surface area (Å²) in [5, 5.41) is 19.1. The molecule has 4 N–H and O–H groups in total. The van der Waals surface area contributed by atoms with E-state index in [9.17, 15) is 14.7 Å². The molecule has 2 aromatic rings. The summed E-state index contributed by atoms with van der Waals surface area (Å²) >= 11 is 5.98. The van der Waals surface area contributed by atoms with Crippen LogP contribution in [-0.4, -0.2) is 31.0 Å². The summed E-state index contributed by atoms with van der Waals surface area (Å²) in [5.41, 5.74) is 2.57. The minimum atomic E-state index is -1.27. The van der Waals surface area contributed by atoms with Crippen LogP contribution < -0.4 is 21.1 Å². The number of anilines is 2. The maximum absolute atomic E-state index is 12.1. The molecular weight excluding hydrogens is 354 g/mol. The summed E-state index contributed by atoms with van der Waals surface area (Å²) in [4.78, 5) is 23.4. The van der Waals surface area contributed by atoms with Gasteiger partial charge in [-0.1, -0.05) is 35.9 Å². The largest absolute Gasteiger partial charge is 0.544 e. The Morgan fingerprint density at radius 1 is 1.19 bits per heavy atom. The molecule has 0 spiro atoms. The van der Waals surface area contributed by atoms with Gasteiger partial charge in [-0.15, -0.1) is 0 Å². The number of carbonyl (C=O) groups is 2. The number of carboxylic acids is 1. The van der Waals surface area contributed by atoms with Crippen molar-refractivity contribution in [2.45, 2.75) is 19.4 Å². The topological polar surface area (TPSA) is 97.9 Å². The van der Waals surface area contributed by atoms with Gasteiger partial charge in [0.25, 0.3) is 0 Å². The van der Waals surface area contributed by atoms with Crippen LogP contribution >= 0.6 is 11.6 Å². The van der Waals surface area contributed by atoms with Crippen molar-refractivity contribution in [1.82, 2.24) is 0 Å². The zero-order valence-corrected chi connectivity index (χ0v) is 15.3. The predicted molar refractivity (Wildman–Crippen MR) is 100.0 cm³/mol. The molecule has 0 bridgehead atoms. The van der Waals surface area contributed by atoms with E-state index in [0.717, 1.165) is 11.3 Å². The van der Waals surface area contributed by atoms with Gasteiger partial charge in [0.05, 0.1) is 36.2 Å². The highest BCUT2D eigenvalue weighted by Crippen LogP contribution is 2.20. The fourth-order valence-corrected chi connectivity index (χ4v) is 2.67. The van der Waals surface area contributed by atoms with Crippen LogP contribution in [0.25, 0.3) is 0 Å². The van der Waals surface area contributed by atoms with E-state index >= 15 is 0 Å². The molecule has 138 valence electrons. The molecule has 2 aromatic carbocycles. The van der Waals surface area contributed by atoms with Gasteiger partial charge in [-0.05, 0) is 36.8 Å². The quantitative estimate of drug-likeness (QED) is 0.564. The molecule has 1 atom stereocenters. The van der Waals surface area contributed by atoms with E-state index in [0.29, 0.717) is 23.8 Å². The summed E-state index contributed by atoms with van der Waals surface area (Å²) < 4.78 is 0. The molecule has 2 rings (SSSR count). The third-order valence-corrected chi connectivity index (χ3v) is 4.13. The average molecular weight is 376 g/mol. The van der Waals surface area contributed by atoms with Gasteiger partial charge in [0.15, 0.2) is 0 Å². The molecule has 26 heavy (non-hydrogen) atoms. The zero-order valence-electron chi connectivity index (χ0n) is 14.5. The third-order valence-electron chi connectivity index (χ3n) is 3.80. The lowest BCUT2D eigenvalue weighted by atomic mass is 10.2. The van der Waals surface area contributed by atoms with E-state index in [-0.39, 0.29) is 6.42 Å². The lowest BCUT2D eigenvalue weighted by molar-refractivity contribution is -0.680. The summed E-state index contributed by atoms with van der Waals surface area (Å²) in [7, 11) is 0. The minimum Gasteiger partial charge on any atom is -0.544 e. The Labute approximate surface area is 157 Å². The molecule has 0 aliphatic rings. The number of para-hydroxylation sites is 1. The fourth-order valence-electron chi connectivity index (χ4n) is 2.48. The van der Waals surface area contributed by atoms with E-state index in [1.165, 1.54) is 0 Å². The van der Waals surface area contributed by atoms with E-state index in [1.807, 2.05) is 31.2 Å². The van der Waals surface area contributed by atoms with Crippen LogP contribution in [0.3, 0.4) is 0 Å². The van der Waals surface area contributed by atoms with Crippen LogP contribution in [0.4, 0.5) is 11.4 Å². The second-order valence-corrected chi connectivity index (χ2v) is 6.39. The molecule has 7 heteroatoms. The van der Waals surface area contributed by atoms with Gasteiger partial charge in [0.2, 0.25) is 5.91 Å². The standard InChI is InChI=1S/C19H22ClN3O3/c1-13-5-4-6-14(11-13)21-9-10-22-17(19(25)26)12-18(24)23-16-8-3-2-7-15(16)20/h2-8,11,17,21-22H,9-10,12H2,1H3,(H,23,24)(H,25,26)/t17-/m1/s1. The molecule has 0 aliphatic heterocycles. The highest BCUT2D eigenvalue weighted by atomic mass is 35.5. The van der Waals surface area contributed by atoms with Crippen molar-refractivity contribution in [3.8, 4) is 0 Å². The second-order valence-electron chi connectivity index (χ2n) is 5.98. The lowest BCUT2D eigenvalue weighted by Gasteiger charge is -2.17. The first-order valence-electron chi connectivity index (χ1n) is 8.35. The number of aryl methyl sites for hydroxylation is 1. The van der Waals surface area contributed by atoms with Crippen LogP contribution in [0.1, 0.15) is 12.0 Å². The first-order valence-corrected chi connectivity index (χ1v) is 8.72. The van der Waals surface area contributed by atoms with E-state index < -0.39 is 17.9 Å². The molecule has 0 saturated heterocycles. The van der Waals surface area contributed by atoms with Gasteiger partial charge in [-0.2, -0.15) is 0 Å². The van der Waals surface area contributed by atoms with Crippen molar-refractivity contribution >= 4 is 34.9 Å². The van der Waals surface area contributed by atoms with Crippen molar-refractivity contribution in [2.75, 3.05) is 23.7 Å². The summed E-state index contributed by atoms with van der Waals surface area (Å²) in [6.07, 6.45) is -0.196. The van der Waals surface area contributed by atoms with Gasteiger partial charge in [-0.25, -0.2) is 0 Å². The summed E-state index contributed by atoms with van der Waals surface area (Å²) in [6, 6.07) is 13.7. The molecular formula is C19H22ClN3O3. The number of halogens is 1. The fraction of sp³-hybridized carbons (Fsp3) is 0.263. The molecule has 0 aliphatic carbocycles. The maximum atomic E-state index is 12.1. The highest BCUT2D eigenvalue weighted by molar-refractivity contribution is 6.33. The molecule has 6 nitrogen and oxygen atoms in total. The molecule has 0 fully saturated rings. The average Bonchev–Trinajstić information content (AvgIpc) is 2.59. The normalized spacial score (nSPS) is 11.6. The Morgan fingerprint density at radius 3 is 2.65 bits per heavy atom. The van der Waals surface area contributed by atoms with Gasteiger partial charge in [0.1, 0.15) is 6.04 Å². The molecule has 0 saturated carbocycles. The number of amides is 1. The van der Waals surface area contributed by atoms with E-state index in [1.54, 1.807) is 29.6 Å². The van der Waals surface area contributed by atoms with Crippen LogP contribution in [0.15, 0.2) is 48.5 Å². The number of aliphatic carboxylic acids is 1. The molecule has 0 unspecified atom stereocenters. The number of benzene rings is 2. The van der Waals surface area contributed by atoms with Crippen LogP contribution in [-0.2, 0) is 9.59 Å². The first kappa shape index (κ1) is 19.8. The summed E-state index contributed by atoms with van der Waals surface area (Å²) in [6.45, 7) is 3.06. The molecule has 0 aromatic heterocycles. The van der Waals surface area contributed by atoms with Gasteiger partial charge in [-0.3, -0.25) is 4.79 Å². The zero-order chi connectivity index (χ0) is 18.9. The Kier molecular flexibility index (Phi) is 7.44. The number of hydrogen-bond acceptors (Lipinski definition) is 4. The van der Waals surface area contributed by atoms with Gasteiger partial charge in [0, 0.05) is 5.69 Å². The molecule has 1 amide bonds. The number of nitrogens with two attached hydrogens (primary N) is 1. The number of quaternary nitrogens is 1. The number of hydrogen-bond donors (Lipinski definition) is 3. The molecule has 0 heterocycles. The Bertz CT molecular complexity index is 767. The van der Waals surface area contributed by atoms with Crippen molar-refractivity contribution in [2.24, 2.45) is 0 Å². The van der Waals surface area contributed by atoms with Crippen molar-refractivity contribution in [1.29, 1.82) is 0 Å². The number of nitrogens with one attached hydrogen (secondary N) is 2. The Hall–Kier alpha value is -2.57. The Morgan fingerprint density at radius 2 is 1.96 bits per heavy atom. The predicted octanol–water partition coefficient (Wildman–Crippen LogP) is 0.771. The van der Waals surface area contributed by atoms with Crippen LogP contribution in [0, 0.1) is 6.92 Å². The SMILES string of the molecule is Cc1cccc(NCC[NH2+][C@H](CC(=O)Nc2ccccc2Cl)C(=O)[O-])c1. The van der Waals surface area contributed by atoms with Crippen molar-refractivity contribution in [3.05, 3.63) is 59.1 Å². The van der Waals surface area contributed by atoms with Crippen LogP contribution in [0.2, 0.25) is 5.02 Å². The Balaban J connectivity index is 1.80. The van der Waals surface area contributed by atoms with Crippen LogP contribution in [0.5, 0.6) is 0 Å². The summed E-state index contributed by atoms with van der Waals surface area (Å²) in [5.74, 6) is -1.69. The highest BCUT2D eigenvalue weighted by Gasteiger charge is 2.18. The van der Waals surface area contributed by atoms with E-state index in [2.05, 4.69) is 10.6 Å². The molecule has 0 radical (unpaired) electrons. The van der Waals surface area contributed by atoms with Gasteiger partial charge >= 0.3 is 0 Å². The lowest BCUT2D eigenvalue weighted by Crippen LogP contribution is -2.94. The minimum absolute atomic E-state index is 0.196. The second kappa shape index (κ2) is 9.79. The smallest absolute Gasteiger partial charge is 0.230 e. The van der Waals surface area contributed by atoms with Crippen molar-refractivity contribution in [3.63, 3.8) is 0 Å². The number of rotatable bonds is 9. The van der Waals surface area contributed by atoms with E-state index in [4.69, 9.17) is 11.6 Å². The monoisotopic (exact) mass is 375 g/mol. The van der Waals surface area contributed by atoms with Crippen molar-refractivity contribution < 1.29 is 20.0 Å². The number of carbonyl (C=O) groups excluding carboxylic acids is 2. The maximum Gasteiger partial charge on any atom is 0.230 e.